The van der Waals surface area contributed by atoms with Gasteiger partial charge in [-0.15, -0.1) is 0 Å². The summed E-state index contributed by atoms with van der Waals surface area (Å²) in [7, 11) is 3.20. The molecule has 1 aromatic carbocycles. The molecule has 0 bridgehead atoms. The van der Waals surface area contributed by atoms with Crippen molar-refractivity contribution in [2.75, 3.05) is 30.9 Å². The van der Waals surface area contributed by atoms with E-state index in [9.17, 15) is 13.6 Å². The van der Waals surface area contributed by atoms with Crippen LogP contribution in [0.2, 0.25) is 5.02 Å². The van der Waals surface area contributed by atoms with Gasteiger partial charge >= 0.3 is 0 Å². The summed E-state index contributed by atoms with van der Waals surface area (Å²) in [6, 6.07) is 2.80. The Bertz CT molecular complexity index is 510. The number of benzene rings is 1. The first-order chi connectivity index (χ1) is 8.93. The molecule has 1 amide bonds. The number of carbonyl (C=O) groups excluding carboxylic acids is 1. The fourth-order valence-corrected chi connectivity index (χ4v) is 2.47. The Kier molecular flexibility index (Phi) is 3.91. The van der Waals surface area contributed by atoms with Crippen LogP contribution < -0.4 is 15.5 Å². The number of rotatable bonds is 4. The number of likely N-dealkylation sites (N-methyl/N-ethyl adjacent to an activating group) is 1. The maximum Gasteiger partial charge on any atom is 0.255 e. The van der Waals surface area contributed by atoms with Gasteiger partial charge in [-0.2, -0.15) is 0 Å². The standard InChI is InChI=1S/C12H14ClF2N3O/c1-16-11-6-3-7(13)9(18(2)5-10(14)15)4-8(6)17-12(11)19/h3-4,10-11,16H,5H2,1-2H3,(H,17,19). The Labute approximate surface area is 114 Å². The summed E-state index contributed by atoms with van der Waals surface area (Å²) in [4.78, 5) is 13.0. The monoisotopic (exact) mass is 289 g/mol. The Balaban J connectivity index is 2.36. The summed E-state index contributed by atoms with van der Waals surface area (Å²) < 4.78 is 24.8. The number of hydrogen-bond acceptors (Lipinski definition) is 3. The lowest BCUT2D eigenvalue weighted by molar-refractivity contribution is -0.117. The first kappa shape index (κ1) is 14.0. The molecule has 2 N–H and O–H groups in total. The molecule has 0 fully saturated rings. The summed E-state index contributed by atoms with van der Waals surface area (Å²) in [5, 5.41) is 5.92. The molecule has 1 unspecified atom stereocenters. The molecule has 0 saturated heterocycles. The Hall–Kier alpha value is -1.40. The minimum atomic E-state index is -2.45. The van der Waals surface area contributed by atoms with Crippen molar-refractivity contribution in [1.82, 2.24) is 5.32 Å². The summed E-state index contributed by atoms with van der Waals surface area (Å²) in [5.41, 5.74) is 1.80. The lowest BCUT2D eigenvalue weighted by Crippen LogP contribution is -2.24. The highest BCUT2D eigenvalue weighted by Gasteiger charge is 2.30. The van der Waals surface area contributed by atoms with Crippen LogP contribution in [-0.2, 0) is 4.79 Å². The maximum atomic E-state index is 12.4. The average molecular weight is 290 g/mol. The predicted molar refractivity (Wildman–Crippen MR) is 71.2 cm³/mol. The number of alkyl halides is 2. The van der Waals surface area contributed by atoms with E-state index >= 15 is 0 Å². The molecule has 0 aliphatic carbocycles. The van der Waals surface area contributed by atoms with Crippen LogP contribution in [0.5, 0.6) is 0 Å². The van der Waals surface area contributed by atoms with E-state index in [1.807, 2.05) is 0 Å². The van der Waals surface area contributed by atoms with Crippen LogP contribution in [0.1, 0.15) is 11.6 Å². The fraction of sp³-hybridized carbons (Fsp3) is 0.417. The maximum absolute atomic E-state index is 12.4. The van der Waals surface area contributed by atoms with E-state index in [1.54, 1.807) is 19.2 Å². The van der Waals surface area contributed by atoms with E-state index in [1.165, 1.54) is 11.9 Å². The van der Waals surface area contributed by atoms with Crippen LogP contribution in [-0.4, -0.2) is 33.0 Å². The van der Waals surface area contributed by atoms with Crippen molar-refractivity contribution in [1.29, 1.82) is 0 Å². The van der Waals surface area contributed by atoms with Crippen molar-refractivity contribution in [3.8, 4) is 0 Å². The molecular formula is C12H14ClF2N3O. The lowest BCUT2D eigenvalue weighted by atomic mass is 10.1. The summed E-state index contributed by atoms with van der Waals surface area (Å²) in [5.74, 6) is -0.178. The van der Waals surface area contributed by atoms with Crippen molar-refractivity contribution >= 4 is 28.9 Å². The largest absolute Gasteiger partial charge is 0.368 e. The smallest absolute Gasteiger partial charge is 0.255 e. The second-order valence-corrected chi connectivity index (χ2v) is 4.78. The minimum Gasteiger partial charge on any atom is -0.368 e. The van der Waals surface area contributed by atoms with E-state index < -0.39 is 19.0 Å². The minimum absolute atomic E-state index is 0.178. The van der Waals surface area contributed by atoms with E-state index in [4.69, 9.17) is 11.6 Å². The van der Waals surface area contributed by atoms with Gasteiger partial charge in [0.25, 0.3) is 6.43 Å². The van der Waals surface area contributed by atoms with Gasteiger partial charge in [-0.3, -0.25) is 4.79 Å². The highest BCUT2D eigenvalue weighted by Crippen LogP contribution is 2.38. The van der Waals surface area contributed by atoms with E-state index in [-0.39, 0.29) is 5.91 Å². The molecule has 4 nitrogen and oxygen atoms in total. The number of carbonyl (C=O) groups is 1. The van der Waals surface area contributed by atoms with Crippen molar-refractivity contribution in [2.45, 2.75) is 12.5 Å². The highest BCUT2D eigenvalue weighted by molar-refractivity contribution is 6.33. The topological polar surface area (TPSA) is 44.4 Å². The van der Waals surface area contributed by atoms with Gasteiger partial charge in [-0.1, -0.05) is 11.6 Å². The molecule has 1 aromatic rings. The van der Waals surface area contributed by atoms with Crippen LogP contribution in [0.25, 0.3) is 0 Å². The number of fused-ring (bicyclic) bond motifs is 1. The third-order valence-electron chi connectivity index (χ3n) is 3.06. The first-order valence-electron chi connectivity index (χ1n) is 5.75. The van der Waals surface area contributed by atoms with Gasteiger partial charge in [-0.25, -0.2) is 8.78 Å². The Morgan fingerprint density at radius 3 is 2.79 bits per heavy atom. The molecule has 1 atom stereocenters. The third kappa shape index (κ3) is 2.64. The summed E-state index contributed by atoms with van der Waals surface area (Å²) >= 11 is 6.10. The molecule has 0 spiro atoms. The zero-order chi connectivity index (χ0) is 14.2. The molecule has 2 rings (SSSR count). The number of hydrogen-bond donors (Lipinski definition) is 2. The fourth-order valence-electron chi connectivity index (χ4n) is 2.15. The van der Waals surface area contributed by atoms with Crippen LogP contribution in [0.15, 0.2) is 12.1 Å². The van der Waals surface area contributed by atoms with Gasteiger partial charge in [-0.05, 0) is 19.2 Å². The normalized spacial score (nSPS) is 17.6. The van der Waals surface area contributed by atoms with Crippen molar-refractivity contribution in [3.63, 3.8) is 0 Å². The number of halogens is 3. The van der Waals surface area contributed by atoms with Gasteiger partial charge in [0, 0.05) is 18.3 Å². The van der Waals surface area contributed by atoms with Crippen LogP contribution in [0, 0.1) is 0 Å². The van der Waals surface area contributed by atoms with Gasteiger partial charge in [0.05, 0.1) is 17.3 Å². The number of amides is 1. The molecule has 104 valence electrons. The number of anilines is 2. The zero-order valence-electron chi connectivity index (χ0n) is 10.5. The van der Waals surface area contributed by atoms with Crippen LogP contribution in [0.4, 0.5) is 20.2 Å². The lowest BCUT2D eigenvalue weighted by Gasteiger charge is -2.21. The molecule has 0 radical (unpaired) electrons. The first-order valence-corrected chi connectivity index (χ1v) is 6.12. The van der Waals surface area contributed by atoms with Crippen LogP contribution in [0.3, 0.4) is 0 Å². The average Bonchev–Trinajstić information content (AvgIpc) is 2.61. The van der Waals surface area contributed by atoms with E-state index in [0.29, 0.717) is 16.4 Å². The van der Waals surface area contributed by atoms with Crippen molar-refractivity contribution in [3.05, 3.63) is 22.7 Å². The van der Waals surface area contributed by atoms with E-state index in [0.717, 1.165) is 5.56 Å². The quantitative estimate of drug-likeness (QED) is 0.894. The van der Waals surface area contributed by atoms with Crippen molar-refractivity contribution < 1.29 is 13.6 Å². The Morgan fingerprint density at radius 2 is 2.21 bits per heavy atom. The number of nitrogens with zero attached hydrogens (tertiary/aromatic N) is 1. The highest BCUT2D eigenvalue weighted by atomic mass is 35.5. The van der Waals surface area contributed by atoms with Crippen LogP contribution >= 0.6 is 11.6 Å². The second kappa shape index (κ2) is 5.30. The van der Waals surface area contributed by atoms with Gasteiger partial charge in [0.1, 0.15) is 6.04 Å². The predicted octanol–water partition coefficient (Wildman–Crippen LogP) is 2.25. The van der Waals surface area contributed by atoms with Gasteiger partial charge in [0.2, 0.25) is 5.91 Å². The summed E-state index contributed by atoms with van der Waals surface area (Å²) in [6.45, 7) is -0.415. The summed E-state index contributed by atoms with van der Waals surface area (Å²) in [6.07, 6.45) is -2.45. The number of nitrogens with one attached hydrogen (secondary N) is 2. The van der Waals surface area contributed by atoms with E-state index in [2.05, 4.69) is 10.6 Å². The third-order valence-corrected chi connectivity index (χ3v) is 3.36. The molecule has 1 aliphatic heterocycles. The molecule has 1 heterocycles. The molecule has 1 aliphatic rings. The second-order valence-electron chi connectivity index (χ2n) is 4.37. The molecule has 0 saturated carbocycles. The Morgan fingerprint density at radius 1 is 1.53 bits per heavy atom. The van der Waals surface area contributed by atoms with Gasteiger partial charge in [0.15, 0.2) is 0 Å². The molecule has 19 heavy (non-hydrogen) atoms. The zero-order valence-corrected chi connectivity index (χ0v) is 11.3. The molecule has 0 aromatic heterocycles. The SMILES string of the molecule is CNC1C(=O)Nc2cc(N(C)CC(F)F)c(Cl)cc21. The van der Waals surface area contributed by atoms with Crippen molar-refractivity contribution in [2.24, 2.45) is 0 Å². The molecule has 7 heteroatoms. The van der Waals surface area contributed by atoms with Gasteiger partial charge < -0.3 is 15.5 Å². The molecular weight excluding hydrogens is 276 g/mol.